The maximum Gasteiger partial charge on any atom is 0.240 e. The second-order valence-corrected chi connectivity index (χ2v) is 7.75. The van der Waals surface area contributed by atoms with Crippen LogP contribution < -0.4 is 10.7 Å². The Morgan fingerprint density at radius 2 is 1.89 bits per heavy atom. The Morgan fingerprint density at radius 3 is 2.57 bits per heavy atom. The Bertz CT molecular complexity index is 987. The molecular weight excluding hydrogens is 377 g/mol. The molecule has 0 saturated carbocycles. The zero-order valence-corrected chi connectivity index (χ0v) is 16.3. The van der Waals surface area contributed by atoms with Gasteiger partial charge in [-0.15, -0.1) is 10.2 Å². The smallest absolute Gasteiger partial charge is 0.240 e. The summed E-state index contributed by atoms with van der Waals surface area (Å²) in [6.45, 7) is 4.04. The molecule has 2 heterocycles. The molecule has 2 unspecified atom stereocenters. The molecule has 2 atom stereocenters. The van der Waals surface area contributed by atoms with E-state index in [-0.39, 0.29) is 17.8 Å². The van der Waals surface area contributed by atoms with Crippen molar-refractivity contribution in [1.82, 2.24) is 14.9 Å². The van der Waals surface area contributed by atoms with Crippen LogP contribution in [0.1, 0.15) is 29.9 Å². The second-order valence-electron chi connectivity index (χ2n) is 6.64. The van der Waals surface area contributed by atoms with Gasteiger partial charge in [-0.1, -0.05) is 48.5 Å². The Hall–Kier alpha value is -2.87. The van der Waals surface area contributed by atoms with E-state index in [1.807, 2.05) is 42.8 Å². The van der Waals surface area contributed by atoms with Crippen molar-refractivity contribution >= 4 is 23.4 Å². The number of carbonyl (C=O) groups excluding carboxylic acids is 1. The van der Waals surface area contributed by atoms with E-state index in [0.29, 0.717) is 10.8 Å². The number of rotatable bonds is 4. The van der Waals surface area contributed by atoms with Gasteiger partial charge in [0.05, 0.1) is 6.04 Å². The number of hydrogen-bond donors (Lipinski definition) is 2. The number of hydrogen-bond acceptors (Lipinski definition) is 5. The number of thioether (sulfide) groups is 1. The van der Waals surface area contributed by atoms with Crippen molar-refractivity contribution in [2.24, 2.45) is 0 Å². The van der Waals surface area contributed by atoms with Gasteiger partial charge in [0.1, 0.15) is 11.1 Å². The van der Waals surface area contributed by atoms with E-state index in [1.54, 1.807) is 12.1 Å². The molecule has 0 radical (unpaired) electrons. The average Bonchev–Trinajstić information content (AvgIpc) is 3.11. The highest BCUT2D eigenvalue weighted by atomic mass is 32.2. The Morgan fingerprint density at radius 1 is 1.18 bits per heavy atom. The Balaban J connectivity index is 1.66. The van der Waals surface area contributed by atoms with Gasteiger partial charge in [-0.2, -0.15) is 0 Å². The van der Waals surface area contributed by atoms with Gasteiger partial charge in [-0.25, -0.2) is 9.07 Å². The number of carbonyl (C=O) groups is 1. The summed E-state index contributed by atoms with van der Waals surface area (Å²) < 4.78 is 15.0. The van der Waals surface area contributed by atoms with Crippen LogP contribution >= 0.6 is 11.8 Å². The van der Waals surface area contributed by atoms with Gasteiger partial charge in [0.15, 0.2) is 5.82 Å². The summed E-state index contributed by atoms with van der Waals surface area (Å²) in [6.07, 6.45) is 0.730. The van der Waals surface area contributed by atoms with Gasteiger partial charge in [0, 0.05) is 12.1 Å². The molecule has 8 heteroatoms. The number of fused-ring (bicyclic) bond motifs is 1. The average molecular weight is 397 g/mol. The summed E-state index contributed by atoms with van der Waals surface area (Å²) in [6, 6.07) is 13.6. The number of benzene rings is 2. The minimum absolute atomic E-state index is 0.179. The van der Waals surface area contributed by atoms with Crippen molar-refractivity contribution in [3.8, 4) is 0 Å². The molecule has 1 amide bonds. The molecule has 2 aromatic carbocycles. The molecule has 0 fully saturated rings. The zero-order valence-electron chi connectivity index (χ0n) is 15.5. The maximum atomic E-state index is 13.2. The number of nitrogens with zero attached hydrogens (tertiary/aromatic N) is 3. The van der Waals surface area contributed by atoms with Crippen LogP contribution in [0.3, 0.4) is 0 Å². The van der Waals surface area contributed by atoms with E-state index in [9.17, 15) is 9.18 Å². The van der Waals surface area contributed by atoms with E-state index in [2.05, 4.69) is 20.9 Å². The number of aryl methyl sites for hydroxylation is 2. The highest BCUT2D eigenvalue weighted by Crippen LogP contribution is 2.37. The molecule has 0 bridgehead atoms. The summed E-state index contributed by atoms with van der Waals surface area (Å²) >= 11 is 1.37. The molecule has 4 rings (SSSR count). The van der Waals surface area contributed by atoms with Crippen LogP contribution in [0.4, 0.5) is 10.1 Å². The van der Waals surface area contributed by atoms with Gasteiger partial charge in [-0.3, -0.25) is 4.79 Å². The summed E-state index contributed by atoms with van der Waals surface area (Å²) in [4.78, 5) is 13.1. The molecule has 144 valence electrons. The van der Waals surface area contributed by atoms with E-state index < -0.39 is 5.25 Å². The Labute approximate surface area is 166 Å². The van der Waals surface area contributed by atoms with E-state index in [0.717, 1.165) is 23.4 Å². The first-order valence-electron chi connectivity index (χ1n) is 9.05. The van der Waals surface area contributed by atoms with Crippen LogP contribution in [0.2, 0.25) is 0 Å². The lowest BCUT2D eigenvalue weighted by atomic mass is 10.0. The number of aromatic nitrogens is 3. The highest BCUT2D eigenvalue weighted by Gasteiger charge is 2.37. The largest absolute Gasteiger partial charge is 0.325 e. The normalized spacial score (nSPS) is 18.2. The third-order valence-electron chi connectivity index (χ3n) is 4.63. The second kappa shape index (κ2) is 7.63. The molecule has 3 aromatic rings. The quantitative estimate of drug-likeness (QED) is 0.703. The fraction of sp³-hybridized carbons (Fsp3) is 0.250. The fourth-order valence-electron chi connectivity index (χ4n) is 3.10. The standard InChI is InChI=1S/C20H20FN5OS/c1-3-16-23-24-20-26(16)25-17(13-6-4-12(2)5-7-13)18(28-20)19(27)22-15-10-8-14(21)9-11-15/h4-11,17-18,25H,3H2,1-2H3,(H,22,27). The van der Waals surface area contributed by atoms with Crippen LogP contribution in [0.15, 0.2) is 53.7 Å². The zero-order chi connectivity index (χ0) is 19.7. The van der Waals surface area contributed by atoms with E-state index in [1.165, 1.54) is 23.9 Å². The first-order valence-corrected chi connectivity index (χ1v) is 9.93. The minimum atomic E-state index is -0.464. The lowest BCUT2D eigenvalue weighted by Crippen LogP contribution is -2.41. The molecule has 1 aliphatic heterocycles. The van der Waals surface area contributed by atoms with Crippen molar-refractivity contribution in [3.05, 3.63) is 71.3 Å². The van der Waals surface area contributed by atoms with Crippen LogP contribution in [0.25, 0.3) is 0 Å². The molecule has 1 aliphatic rings. The van der Waals surface area contributed by atoms with Gasteiger partial charge >= 0.3 is 0 Å². The third-order valence-corrected chi connectivity index (χ3v) is 5.84. The van der Waals surface area contributed by atoms with Gasteiger partial charge in [0.25, 0.3) is 0 Å². The van der Waals surface area contributed by atoms with Crippen molar-refractivity contribution in [1.29, 1.82) is 0 Å². The van der Waals surface area contributed by atoms with E-state index in [4.69, 9.17) is 0 Å². The number of nitrogens with one attached hydrogen (secondary N) is 2. The van der Waals surface area contributed by atoms with Crippen LogP contribution in [-0.4, -0.2) is 26.0 Å². The molecule has 0 saturated heterocycles. The summed E-state index contributed by atoms with van der Waals surface area (Å²) in [5.74, 6) is 0.295. The van der Waals surface area contributed by atoms with E-state index >= 15 is 0 Å². The first-order chi connectivity index (χ1) is 13.5. The topological polar surface area (TPSA) is 71.8 Å². The molecular formula is C20H20FN5OS. The van der Waals surface area contributed by atoms with Crippen LogP contribution in [0, 0.1) is 12.7 Å². The summed E-state index contributed by atoms with van der Waals surface area (Å²) in [5.41, 5.74) is 6.11. The highest BCUT2D eigenvalue weighted by molar-refractivity contribution is 8.00. The van der Waals surface area contributed by atoms with Crippen LogP contribution in [0.5, 0.6) is 0 Å². The van der Waals surface area contributed by atoms with Crippen molar-refractivity contribution in [2.75, 3.05) is 10.7 Å². The monoisotopic (exact) mass is 397 g/mol. The predicted octanol–water partition coefficient (Wildman–Crippen LogP) is 3.69. The molecule has 28 heavy (non-hydrogen) atoms. The molecule has 0 spiro atoms. The first kappa shape index (κ1) is 18.5. The van der Waals surface area contributed by atoms with Gasteiger partial charge in [0.2, 0.25) is 11.1 Å². The van der Waals surface area contributed by atoms with Crippen molar-refractivity contribution < 1.29 is 9.18 Å². The molecule has 1 aromatic heterocycles. The SMILES string of the molecule is CCc1nnc2n1NC(c1ccc(C)cc1)C(C(=O)Nc1ccc(F)cc1)S2. The molecule has 2 N–H and O–H groups in total. The van der Waals surface area contributed by atoms with Crippen molar-refractivity contribution in [3.63, 3.8) is 0 Å². The number of amides is 1. The molecule has 6 nitrogen and oxygen atoms in total. The molecule has 0 aliphatic carbocycles. The van der Waals surface area contributed by atoms with Gasteiger partial charge < -0.3 is 10.7 Å². The predicted molar refractivity (Wildman–Crippen MR) is 107 cm³/mol. The number of halogens is 1. The maximum absolute atomic E-state index is 13.2. The lowest BCUT2D eigenvalue weighted by molar-refractivity contribution is -0.116. The third kappa shape index (κ3) is 3.60. The number of anilines is 1. The summed E-state index contributed by atoms with van der Waals surface area (Å²) in [7, 11) is 0. The lowest BCUT2D eigenvalue weighted by Gasteiger charge is -2.33. The van der Waals surface area contributed by atoms with Crippen molar-refractivity contribution in [2.45, 2.75) is 36.7 Å². The minimum Gasteiger partial charge on any atom is -0.325 e. The Kier molecular flexibility index (Phi) is 5.04. The van der Waals surface area contributed by atoms with Gasteiger partial charge in [-0.05, 0) is 36.8 Å². The van der Waals surface area contributed by atoms with Crippen LogP contribution in [-0.2, 0) is 11.2 Å². The fourth-order valence-corrected chi connectivity index (χ4v) is 4.20. The summed E-state index contributed by atoms with van der Waals surface area (Å²) in [5, 5.41) is 11.5.